The molecule has 1 amide bonds. The number of hydrogen-bond donors (Lipinski definition) is 2. The Morgan fingerprint density at radius 2 is 2.07 bits per heavy atom. The van der Waals surface area contributed by atoms with Crippen molar-refractivity contribution in [3.8, 4) is 0 Å². The summed E-state index contributed by atoms with van der Waals surface area (Å²) in [5.74, 6) is -0.278. The van der Waals surface area contributed by atoms with Gasteiger partial charge in [-0.1, -0.05) is 15.9 Å². The lowest BCUT2D eigenvalue weighted by atomic mass is 10.3. The Balaban J connectivity index is 2.40. The van der Waals surface area contributed by atoms with Crippen LogP contribution in [0.2, 0.25) is 0 Å². The quantitative estimate of drug-likeness (QED) is 0.500. The average molecular weight is 271 g/mol. The predicted molar refractivity (Wildman–Crippen MR) is 62.1 cm³/mol. The molecule has 0 aliphatic carbocycles. The van der Waals surface area contributed by atoms with Gasteiger partial charge in [-0.05, 0) is 24.3 Å². The Morgan fingerprint density at radius 3 is 2.67 bits per heavy atom. The summed E-state index contributed by atoms with van der Waals surface area (Å²) >= 11 is 3.32. The summed E-state index contributed by atoms with van der Waals surface area (Å²) in [6.07, 6.45) is 2.59. The minimum absolute atomic E-state index is 0.278. The number of methoxy groups -OCH3 is 1. The molecule has 5 heteroatoms. The van der Waals surface area contributed by atoms with E-state index in [-0.39, 0.29) is 5.91 Å². The summed E-state index contributed by atoms with van der Waals surface area (Å²) in [6, 6.07) is 7.42. The lowest BCUT2D eigenvalue weighted by Crippen LogP contribution is -2.27. The first-order valence-corrected chi connectivity index (χ1v) is 5.02. The molecule has 0 aliphatic rings. The third-order valence-corrected chi connectivity index (χ3v) is 2.06. The van der Waals surface area contributed by atoms with Gasteiger partial charge >= 0.3 is 0 Å². The monoisotopic (exact) mass is 270 g/mol. The largest absolute Gasteiger partial charge is 0.504 e. The van der Waals surface area contributed by atoms with E-state index in [1.165, 1.54) is 19.4 Å². The van der Waals surface area contributed by atoms with Crippen LogP contribution in [0.5, 0.6) is 0 Å². The van der Waals surface area contributed by atoms with Crippen LogP contribution in [0.1, 0.15) is 0 Å². The highest BCUT2D eigenvalue weighted by atomic mass is 79.9. The second-order valence-corrected chi connectivity index (χ2v) is 3.58. The summed E-state index contributed by atoms with van der Waals surface area (Å²) in [7, 11) is 1.48. The van der Waals surface area contributed by atoms with Gasteiger partial charge in [0.1, 0.15) is 0 Å². The topological polar surface area (TPSA) is 50.4 Å². The molecule has 80 valence electrons. The van der Waals surface area contributed by atoms with Crippen molar-refractivity contribution in [2.45, 2.75) is 0 Å². The Kier molecular flexibility index (Phi) is 4.70. The minimum atomic E-state index is -0.278. The highest BCUT2D eigenvalue weighted by Gasteiger charge is 1.94. The van der Waals surface area contributed by atoms with Crippen LogP contribution in [-0.4, -0.2) is 13.0 Å². The average Bonchev–Trinajstić information content (AvgIpc) is 2.25. The summed E-state index contributed by atoms with van der Waals surface area (Å²) < 4.78 is 5.59. The highest BCUT2D eigenvalue weighted by molar-refractivity contribution is 9.10. The summed E-state index contributed by atoms with van der Waals surface area (Å²) in [4.78, 5) is 11.1. The molecule has 0 saturated heterocycles. The van der Waals surface area contributed by atoms with Gasteiger partial charge in [0.05, 0.1) is 19.1 Å². The van der Waals surface area contributed by atoms with Crippen LogP contribution in [0.25, 0.3) is 0 Å². The summed E-state index contributed by atoms with van der Waals surface area (Å²) in [5.41, 5.74) is 6.04. The zero-order valence-electron chi connectivity index (χ0n) is 8.16. The fraction of sp³-hybridized carbons (Fsp3) is 0.100. The van der Waals surface area contributed by atoms with Crippen molar-refractivity contribution in [2.24, 2.45) is 0 Å². The third-order valence-electron chi connectivity index (χ3n) is 1.53. The maximum atomic E-state index is 11.1. The molecule has 1 aromatic carbocycles. The zero-order valence-corrected chi connectivity index (χ0v) is 9.74. The van der Waals surface area contributed by atoms with Crippen molar-refractivity contribution in [3.05, 3.63) is 41.1 Å². The van der Waals surface area contributed by atoms with E-state index < -0.39 is 0 Å². The third kappa shape index (κ3) is 4.51. The Morgan fingerprint density at radius 1 is 1.40 bits per heavy atom. The van der Waals surface area contributed by atoms with E-state index in [9.17, 15) is 4.79 Å². The van der Waals surface area contributed by atoms with Crippen LogP contribution in [0.4, 0.5) is 5.69 Å². The van der Waals surface area contributed by atoms with Crippen LogP contribution in [0, 0.1) is 0 Å². The molecule has 4 nitrogen and oxygen atoms in total. The van der Waals surface area contributed by atoms with Gasteiger partial charge in [0, 0.05) is 10.5 Å². The standard InChI is InChI=1S/C10H11BrN2O2/c1-15-7-6-10(14)13-12-9-4-2-8(11)3-5-9/h2-7,12H,1H3,(H,13,14). The predicted octanol–water partition coefficient (Wildman–Crippen LogP) is 2.05. The van der Waals surface area contributed by atoms with Crippen LogP contribution < -0.4 is 10.9 Å². The Bertz CT molecular complexity index is 349. The van der Waals surface area contributed by atoms with Gasteiger partial charge < -0.3 is 4.74 Å². The number of rotatable bonds is 4. The Hall–Kier alpha value is -1.49. The molecule has 0 spiro atoms. The number of nitrogens with one attached hydrogen (secondary N) is 2. The van der Waals surface area contributed by atoms with Crippen LogP contribution >= 0.6 is 15.9 Å². The zero-order chi connectivity index (χ0) is 11.1. The number of carbonyl (C=O) groups excluding carboxylic acids is 1. The van der Waals surface area contributed by atoms with Gasteiger partial charge in [0.2, 0.25) is 0 Å². The molecular formula is C10H11BrN2O2. The van der Waals surface area contributed by atoms with E-state index in [4.69, 9.17) is 0 Å². The number of carbonyl (C=O) groups is 1. The second kappa shape index (κ2) is 6.08. The van der Waals surface area contributed by atoms with Crippen LogP contribution in [0.3, 0.4) is 0 Å². The van der Waals surface area contributed by atoms with Gasteiger partial charge in [-0.15, -0.1) is 0 Å². The number of amides is 1. The molecule has 0 radical (unpaired) electrons. The molecule has 0 fully saturated rings. The maximum Gasteiger partial charge on any atom is 0.265 e. The number of hydrogen-bond acceptors (Lipinski definition) is 3. The highest BCUT2D eigenvalue weighted by Crippen LogP contribution is 2.12. The number of halogens is 1. The molecule has 2 N–H and O–H groups in total. The van der Waals surface area contributed by atoms with Crippen molar-refractivity contribution in [3.63, 3.8) is 0 Å². The molecular weight excluding hydrogens is 260 g/mol. The van der Waals surface area contributed by atoms with Gasteiger partial charge in [0.25, 0.3) is 5.91 Å². The van der Waals surface area contributed by atoms with Crippen LogP contribution in [-0.2, 0) is 9.53 Å². The molecule has 1 rings (SSSR count). The molecule has 0 aromatic heterocycles. The molecule has 0 aliphatic heterocycles. The van der Waals surface area contributed by atoms with Crippen molar-refractivity contribution in [2.75, 3.05) is 12.5 Å². The molecule has 0 heterocycles. The van der Waals surface area contributed by atoms with E-state index in [1.54, 1.807) is 0 Å². The first-order valence-electron chi connectivity index (χ1n) is 4.23. The number of ether oxygens (including phenoxy) is 1. The second-order valence-electron chi connectivity index (χ2n) is 2.66. The SMILES string of the molecule is COC=CC(=O)NNc1ccc(Br)cc1. The van der Waals surface area contributed by atoms with Gasteiger partial charge in [0.15, 0.2) is 0 Å². The molecule has 0 unspecified atom stereocenters. The number of anilines is 1. The smallest absolute Gasteiger partial charge is 0.265 e. The lowest BCUT2D eigenvalue weighted by Gasteiger charge is -2.05. The van der Waals surface area contributed by atoms with Gasteiger partial charge in [-0.3, -0.25) is 15.6 Å². The molecule has 0 bridgehead atoms. The van der Waals surface area contributed by atoms with Crippen molar-refractivity contribution in [1.29, 1.82) is 0 Å². The van der Waals surface area contributed by atoms with E-state index in [0.29, 0.717) is 0 Å². The number of benzene rings is 1. The molecule has 0 atom stereocenters. The van der Waals surface area contributed by atoms with E-state index in [1.807, 2.05) is 24.3 Å². The van der Waals surface area contributed by atoms with E-state index >= 15 is 0 Å². The van der Waals surface area contributed by atoms with E-state index in [2.05, 4.69) is 31.5 Å². The van der Waals surface area contributed by atoms with Gasteiger partial charge in [-0.2, -0.15) is 0 Å². The lowest BCUT2D eigenvalue weighted by molar-refractivity contribution is -0.116. The Labute approximate surface area is 96.4 Å². The van der Waals surface area contributed by atoms with Crippen molar-refractivity contribution in [1.82, 2.24) is 5.43 Å². The normalized spacial score (nSPS) is 10.0. The summed E-state index contributed by atoms with van der Waals surface area (Å²) in [6.45, 7) is 0. The first kappa shape index (κ1) is 11.6. The molecule has 0 saturated carbocycles. The molecule has 1 aromatic rings. The number of hydrazine groups is 1. The van der Waals surface area contributed by atoms with Crippen LogP contribution in [0.15, 0.2) is 41.1 Å². The first-order chi connectivity index (χ1) is 7.22. The molecule has 15 heavy (non-hydrogen) atoms. The fourth-order valence-corrected chi connectivity index (χ4v) is 1.10. The summed E-state index contributed by atoms with van der Waals surface area (Å²) in [5, 5.41) is 0. The van der Waals surface area contributed by atoms with E-state index in [0.717, 1.165) is 10.2 Å². The van der Waals surface area contributed by atoms with Crippen molar-refractivity contribution >= 4 is 27.5 Å². The van der Waals surface area contributed by atoms with Crippen molar-refractivity contribution < 1.29 is 9.53 Å². The minimum Gasteiger partial charge on any atom is -0.504 e. The van der Waals surface area contributed by atoms with Gasteiger partial charge in [-0.25, -0.2) is 0 Å². The fourth-order valence-electron chi connectivity index (χ4n) is 0.838. The maximum absolute atomic E-state index is 11.1.